The number of nitrogens with one attached hydrogen (secondary N) is 1. The van der Waals surface area contributed by atoms with E-state index in [9.17, 15) is 4.79 Å². The number of hydrogen-bond acceptors (Lipinski definition) is 9. The molecule has 1 fully saturated rings. The number of nitrogens with two attached hydrogens (primary N) is 1. The van der Waals surface area contributed by atoms with Crippen molar-refractivity contribution in [1.82, 2.24) is 19.7 Å². The van der Waals surface area contributed by atoms with Gasteiger partial charge in [0.25, 0.3) is 5.56 Å². The van der Waals surface area contributed by atoms with E-state index in [-0.39, 0.29) is 23.8 Å². The first-order valence-corrected chi connectivity index (χ1v) is 15.7. The fourth-order valence-corrected chi connectivity index (χ4v) is 6.78. The number of rotatable bonds is 7. The molecule has 1 aliphatic carbocycles. The van der Waals surface area contributed by atoms with Crippen LogP contribution < -0.4 is 21.3 Å². The molecule has 1 aliphatic heterocycles. The van der Waals surface area contributed by atoms with E-state index in [2.05, 4.69) is 21.5 Å². The largest absolute Gasteiger partial charge is 0.481 e. The molecule has 3 N–H and O–H groups in total. The van der Waals surface area contributed by atoms with Crippen LogP contribution in [-0.2, 0) is 29.4 Å². The number of fused-ring (bicyclic) bond motifs is 2. The third-order valence-corrected chi connectivity index (χ3v) is 9.39. The minimum Gasteiger partial charge on any atom is -0.481 e. The van der Waals surface area contributed by atoms with Crippen molar-refractivity contribution in [3.63, 3.8) is 0 Å². The Morgan fingerprint density at radius 1 is 1.11 bits per heavy atom. The highest BCUT2D eigenvalue weighted by atomic mass is 35.5. The van der Waals surface area contributed by atoms with Gasteiger partial charge in [0.1, 0.15) is 5.82 Å². The van der Waals surface area contributed by atoms with E-state index in [1.165, 1.54) is 4.68 Å². The quantitative estimate of drug-likeness (QED) is 0.242. The van der Waals surface area contributed by atoms with Crippen LogP contribution in [0, 0.1) is 6.92 Å². The molecule has 1 saturated heterocycles. The fraction of sp³-hybridized carbons (Fsp3) is 0.314. The summed E-state index contributed by atoms with van der Waals surface area (Å²) in [6.07, 6.45) is 5.41. The van der Waals surface area contributed by atoms with Crippen LogP contribution in [0.5, 0.6) is 5.88 Å². The van der Waals surface area contributed by atoms with Crippen molar-refractivity contribution in [3.8, 4) is 28.3 Å². The first kappa shape index (κ1) is 30.3. The molecule has 46 heavy (non-hydrogen) atoms. The highest BCUT2D eigenvalue weighted by molar-refractivity contribution is 6.36. The lowest BCUT2D eigenvalue weighted by molar-refractivity contribution is -0.0901. The lowest BCUT2D eigenvalue weighted by atomic mass is 9.96. The second kappa shape index (κ2) is 12.4. The van der Waals surface area contributed by atoms with Gasteiger partial charge in [-0.05, 0) is 54.7 Å². The van der Waals surface area contributed by atoms with Crippen molar-refractivity contribution in [2.45, 2.75) is 44.4 Å². The van der Waals surface area contributed by atoms with Gasteiger partial charge in [-0.25, -0.2) is 14.6 Å². The molecule has 4 heterocycles. The predicted octanol–water partition coefficient (Wildman–Crippen LogP) is 5.37. The Morgan fingerprint density at radius 2 is 1.91 bits per heavy atom. The van der Waals surface area contributed by atoms with Gasteiger partial charge in [-0.1, -0.05) is 41.9 Å². The predicted molar refractivity (Wildman–Crippen MR) is 179 cm³/mol. The molecule has 10 nitrogen and oxygen atoms in total. The number of aryl methyl sites for hydroxylation is 1. The van der Waals surface area contributed by atoms with E-state index < -0.39 is 0 Å². The number of methoxy groups -OCH3 is 1. The average molecular weight is 639 g/mol. The fourth-order valence-electron chi connectivity index (χ4n) is 6.46. The second-order valence-corrected chi connectivity index (χ2v) is 12.2. The summed E-state index contributed by atoms with van der Waals surface area (Å²) in [6.45, 7) is 3.21. The van der Waals surface area contributed by atoms with Crippen LogP contribution in [0.2, 0.25) is 5.02 Å². The number of nitrogens with zero attached hydrogens (tertiary/aromatic N) is 4. The molecular formula is C35H35ClN6O4. The van der Waals surface area contributed by atoms with E-state index in [0.29, 0.717) is 47.1 Å². The first-order chi connectivity index (χ1) is 22.3. The zero-order chi connectivity index (χ0) is 31.9. The minimum absolute atomic E-state index is 0.0221. The highest BCUT2D eigenvalue weighted by Crippen LogP contribution is 2.41. The Kier molecular flexibility index (Phi) is 8.20. The maximum atomic E-state index is 12.9. The molecule has 1 unspecified atom stereocenters. The highest BCUT2D eigenvalue weighted by Gasteiger charge is 2.32. The number of benzene rings is 2. The molecule has 0 spiro atoms. The summed E-state index contributed by atoms with van der Waals surface area (Å²) in [4.78, 5) is 22.3. The Hall–Kier alpha value is -4.35. The molecule has 5 aromatic rings. The molecule has 0 radical (unpaired) electrons. The van der Waals surface area contributed by atoms with Crippen LogP contribution in [0.15, 0.2) is 65.7 Å². The van der Waals surface area contributed by atoms with Gasteiger partial charge in [0.2, 0.25) is 5.88 Å². The lowest BCUT2D eigenvalue weighted by Gasteiger charge is -2.30. The Morgan fingerprint density at radius 3 is 2.74 bits per heavy atom. The normalized spacial score (nSPS) is 19.3. The van der Waals surface area contributed by atoms with Gasteiger partial charge in [0.05, 0.1) is 48.2 Å². The van der Waals surface area contributed by atoms with Crippen molar-refractivity contribution in [2.75, 3.05) is 25.6 Å². The first-order valence-electron chi connectivity index (χ1n) is 15.3. The molecule has 0 amide bonds. The smallest absolute Gasteiger partial charge is 0.278 e. The Balaban J connectivity index is 1.21. The van der Waals surface area contributed by atoms with E-state index in [1.54, 1.807) is 32.6 Å². The lowest BCUT2D eigenvalue weighted by Crippen LogP contribution is -2.46. The maximum Gasteiger partial charge on any atom is 0.278 e. The maximum absolute atomic E-state index is 12.9. The zero-order valence-corrected chi connectivity index (χ0v) is 26.7. The van der Waals surface area contributed by atoms with E-state index in [1.807, 2.05) is 43.3 Å². The van der Waals surface area contributed by atoms with Crippen LogP contribution in [0.1, 0.15) is 23.1 Å². The second-order valence-electron chi connectivity index (χ2n) is 11.9. The number of hydrogen-bond donors (Lipinski definition) is 2. The van der Waals surface area contributed by atoms with E-state index >= 15 is 0 Å². The monoisotopic (exact) mass is 638 g/mol. The van der Waals surface area contributed by atoms with Crippen molar-refractivity contribution in [3.05, 3.63) is 93.0 Å². The molecule has 2 aliphatic rings. The van der Waals surface area contributed by atoms with Crippen molar-refractivity contribution in [2.24, 2.45) is 12.8 Å². The molecule has 0 saturated carbocycles. The zero-order valence-electron chi connectivity index (χ0n) is 25.9. The molecular weight excluding hydrogens is 604 g/mol. The molecule has 3 aromatic heterocycles. The van der Waals surface area contributed by atoms with Crippen molar-refractivity contribution < 1.29 is 14.2 Å². The summed E-state index contributed by atoms with van der Waals surface area (Å²) in [7, 11) is 3.27. The summed E-state index contributed by atoms with van der Waals surface area (Å²) >= 11 is 7.18. The summed E-state index contributed by atoms with van der Waals surface area (Å²) in [5.41, 5.74) is 13.4. The third-order valence-electron chi connectivity index (χ3n) is 8.99. The van der Waals surface area contributed by atoms with Gasteiger partial charge in [-0.3, -0.25) is 4.79 Å². The number of pyridine rings is 2. The van der Waals surface area contributed by atoms with E-state index in [4.69, 9.17) is 36.5 Å². The Labute approximate surface area is 271 Å². The summed E-state index contributed by atoms with van der Waals surface area (Å²) < 4.78 is 19.1. The Bertz CT molecular complexity index is 2010. The average Bonchev–Trinajstić information content (AvgIpc) is 3.47. The number of ether oxygens (including phenoxy) is 3. The minimum atomic E-state index is -0.223. The van der Waals surface area contributed by atoms with Crippen LogP contribution in [0.3, 0.4) is 0 Å². The van der Waals surface area contributed by atoms with Gasteiger partial charge in [0.15, 0.2) is 0 Å². The van der Waals surface area contributed by atoms with E-state index in [0.717, 1.165) is 57.6 Å². The van der Waals surface area contributed by atoms with Gasteiger partial charge < -0.3 is 25.3 Å². The van der Waals surface area contributed by atoms with Crippen molar-refractivity contribution in [1.29, 1.82) is 0 Å². The number of halogens is 1. The van der Waals surface area contributed by atoms with Crippen molar-refractivity contribution >= 4 is 33.9 Å². The number of aromatic nitrogens is 4. The summed E-state index contributed by atoms with van der Waals surface area (Å²) in [6, 6.07) is 15.7. The topological polar surface area (TPSA) is 126 Å². The van der Waals surface area contributed by atoms with Crippen LogP contribution >= 0.6 is 11.6 Å². The molecule has 236 valence electrons. The van der Waals surface area contributed by atoms with Gasteiger partial charge >= 0.3 is 0 Å². The van der Waals surface area contributed by atoms with Crippen LogP contribution in [0.25, 0.3) is 33.2 Å². The van der Waals surface area contributed by atoms with Crippen LogP contribution in [0.4, 0.5) is 11.5 Å². The molecule has 0 bridgehead atoms. The molecule has 11 heteroatoms. The summed E-state index contributed by atoms with van der Waals surface area (Å²) in [5.74, 6) is 1.05. The molecule has 7 rings (SSSR count). The summed E-state index contributed by atoms with van der Waals surface area (Å²) in [5, 5.41) is 9.29. The third kappa shape index (κ3) is 5.51. The van der Waals surface area contributed by atoms with Crippen LogP contribution in [-0.4, -0.2) is 58.3 Å². The molecule has 2 aromatic carbocycles. The SMILES string of the molecule is COc1nc(-c2cccc(-c3cccc(Nc4nccc5cnn(C)c(=O)c45)c3C)c2Cl)cc2c1CC(O[C@H]1COCC[C@H]1N)C2. The van der Waals surface area contributed by atoms with Gasteiger partial charge in [-0.2, -0.15) is 5.10 Å². The van der Waals surface area contributed by atoms with Gasteiger partial charge in [-0.15, -0.1) is 0 Å². The molecule has 3 atom stereocenters. The standard InChI is InChI=1S/C35H35ClN6O4/c1-19-23(6-5-9-28(19)40-33-31-20(10-12-38-33)17-39-42(2)35(31)43)24-7-4-8-25(32(24)36)29-15-21-14-22(16-26(21)34(41-29)44-3)46-30-18-45-13-11-27(30)37/h4-10,12,15,17,22,27,30H,11,13-14,16,18,37H2,1-3H3,(H,38,40)/t22?,27-,30+/m1/s1. The number of anilines is 2. The van der Waals surface area contributed by atoms with Gasteiger partial charge in [0, 0.05) is 60.1 Å².